The van der Waals surface area contributed by atoms with Crippen LogP contribution >= 0.6 is 12.2 Å². The normalized spacial score (nSPS) is 15.2. The van der Waals surface area contributed by atoms with E-state index < -0.39 is 0 Å². The molecular weight excluding hydrogens is 426 g/mol. The average Bonchev–Trinajstić information content (AvgIpc) is 3.48. The van der Waals surface area contributed by atoms with Crippen LogP contribution in [0.4, 0.5) is 5.69 Å². The molecule has 1 fully saturated rings. The van der Waals surface area contributed by atoms with Crippen molar-refractivity contribution in [3.8, 4) is 17.2 Å². The van der Waals surface area contributed by atoms with E-state index in [4.69, 9.17) is 26.4 Å². The number of H-pyrrole nitrogens is 1. The molecule has 1 aliphatic heterocycles. The number of aromatic nitrogens is 1. The summed E-state index contributed by atoms with van der Waals surface area (Å²) in [5.41, 5.74) is 2.07. The summed E-state index contributed by atoms with van der Waals surface area (Å²) in [4.78, 5) is 18.1. The van der Waals surface area contributed by atoms with Crippen LogP contribution in [0.5, 0.6) is 17.2 Å². The van der Waals surface area contributed by atoms with Crippen LogP contribution < -0.4 is 25.1 Å². The zero-order valence-electron chi connectivity index (χ0n) is 17.8. The molecule has 1 saturated carbocycles. The molecule has 0 atom stereocenters. The Balaban J connectivity index is 1.45. The van der Waals surface area contributed by atoms with Gasteiger partial charge in [0, 0.05) is 23.1 Å². The molecule has 1 aromatic heterocycles. The number of nitrogens with one attached hydrogen (secondary N) is 2. The highest BCUT2D eigenvalue weighted by atomic mass is 32.1. The lowest BCUT2D eigenvalue weighted by Gasteiger charge is -2.32. The SMILES string of the molecule is COc1ccccc1NC(=S)N(Cc1cc2cc3c(cc2[nH]c1=O)OCO3)C1CCCC1. The Labute approximate surface area is 191 Å². The van der Waals surface area contributed by atoms with E-state index in [1.165, 1.54) is 0 Å². The van der Waals surface area contributed by atoms with Crippen molar-refractivity contribution in [2.45, 2.75) is 38.3 Å². The number of anilines is 1. The molecule has 7 nitrogen and oxygen atoms in total. The number of rotatable bonds is 5. The smallest absolute Gasteiger partial charge is 0.253 e. The number of hydrogen-bond acceptors (Lipinski definition) is 5. The van der Waals surface area contributed by atoms with Crippen molar-refractivity contribution in [1.29, 1.82) is 0 Å². The van der Waals surface area contributed by atoms with Crippen molar-refractivity contribution in [3.63, 3.8) is 0 Å². The monoisotopic (exact) mass is 451 g/mol. The third kappa shape index (κ3) is 3.98. The van der Waals surface area contributed by atoms with Crippen LogP contribution in [0.1, 0.15) is 31.2 Å². The second-order valence-electron chi connectivity index (χ2n) is 8.11. The minimum atomic E-state index is -0.126. The van der Waals surface area contributed by atoms with Gasteiger partial charge in [0.1, 0.15) is 5.75 Å². The lowest BCUT2D eigenvalue weighted by molar-refractivity contribution is 0.174. The number of fused-ring (bicyclic) bond motifs is 2. The average molecular weight is 452 g/mol. The number of para-hydroxylation sites is 2. The van der Waals surface area contributed by atoms with Crippen LogP contribution in [0.3, 0.4) is 0 Å². The summed E-state index contributed by atoms with van der Waals surface area (Å²) >= 11 is 5.82. The molecule has 2 N–H and O–H groups in total. The van der Waals surface area contributed by atoms with Gasteiger partial charge in [-0.05, 0) is 49.3 Å². The van der Waals surface area contributed by atoms with E-state index in [2.05, 4.69) is 15.2 Å². The molecule has 0 radical (unpaired) electrons. The minimum Gasteiger partial charge on any atom is -0.495 e. The largest absolute Gasteiger partial charge is 0.495 e. The predicted molar refractivity (Wildman–Crippen MR) is 128 cm³/mol. The third-order valence-electron chi connectivity index (χ3n) is 6.13. The summed E-state index contributed by atoms with van der Waals surface area (Å²) in [5, 5.41) is 4.82. The zero-order valence-corrected chi connectivity index (χ0v) is 18.7. The maximum atomic E-state index is 12.9. The van der Waals surface area contributed by atoms with Crippen molar-refractivity contribution in [2.24, 2.45) is 0 Å². The Bertz CT molecular complexity index is 1220. The number of aromatic amines is 1. The van der Waals surface area contributed by atoms with E-state index in [0.717, 1.165) is 48.0 Å². The van der Waals surface area contributed by atoms with E-state index in [-0.39, 0.29) is 18.4 Å². The summed E-state index contributed by atoms with van der Waals surface area (Å²) in [6, 6.07) is 13.6. The molecule has 32 heavy (non-hydrogen) atoms. The van der Waals surface area contributed by atoms with Gasteiger partial charge in [0.15, 0.2) is 16.6 Å². The molecule has 0 bridgehead atoms. The van der Waals surface area contributed by atoms with E-state index in [0.29, 0.717) is 28.7 Å². The van der Waals surface area contributed by atoms with Gasteiger partial charge >= 0.3 is 0 Å². The second-order valence-corrected chi connectivity index (χ2v) is 8.50. The van der Waals surface area contributed by atoms with Gasteiger partial charge < -0.3 is 29.4 Å². The molecule has 0 spiro atoms. The Morgan fingerprint density at radius 3 is 2.72 bits per heavy atom. The topological polar surface area (TPSA) is 75.8 Å². The van der Waals surface area contributed by atoms with Gasteiger partial charge in [0.25, 0.3) is 5.56 Å². The van der Waals surface area contributed by atoms with Crippen molar-refractivity contribution in [1.82, 2.24) is 9.88 Å². The number of nitrogens with zero attached hydrogens (tertiary/aromatic N) is 1. The van der Waals surface area contributed by atoms with Gasteiger partial charge in [-0.2, -0.15) is 0 Å². The summed E-state index contributed by atoms with van der Waals surface area (Å²) < 4.78 is 16.4. The van der Waals surface area contributed by atoms with Crippen LogP contribution in [-0.2, 0) is 6.54 Å². The maximum Gasteiger partial charge on any atom is 0.253 e. The van der Waals surface area contributed by atoms with Gasteiger partial charge in [-0.15, -0.1) is 0 Å². The number of ether oxygens (including phenoxy) is 3. The van der Waals surface area contributed by atoms with E-state index in [1.807, 2.05) is 42.5 Å². The highest BCUT2D eigenvalue weighted by Crippen LogP contribution is 2.35. The molecule has 8 heteroatoms. The van der Waals surface area contributed by atoms with E-state index in [1.54, 1.807) is 7.11 Å². The number of methoxy groups -OCH3 is 1. The molecule has 2 aromatic carbocycles. The molecule has 3 aromatic rings. The van der Waals surface area contributed by atoms with Crippen molar-refractivity contribution < 1.29 is 14.2 Å². The standard InChI is InChI=1S/C24H25N3O4S/c1-29-20-9-5-4-8-18(20)26-24(32)27(17-6-2-3-7-17)13-16-10-15-11-21-22(31-14-30-21)12-19(15)25-23(16)28/h4-5,8-12,17H,2-3,6-7,13-14H2,1H3,(H,25,28)(H,26,32). The van der Waals surface area contributed by atoms with Crippen molar-refractivity contribution >= 4 is 33.9 Å². The van der Waals surface area contributed by atoms with Gasteiger partial charge in [-0.1, -0.05) is 25.0 Å². The summed E-state index contributed by atoms with van der Waals surface area (Å²) in [5.74, 6) is 2.06. The lowest BCUT2D eigenvalue weighted by Crippen LogP contribution is -2.42. The Kier molecular flexibility index (Phi) is 5.61. The molecule has 0 amide bonds. The molecule has 0 saturated heterocycles. The van der Waals surface area contributed by atoms with E-state index in [9.17, 15) is 4.79 Å². The molecular formula is C24H25N3O4S. The van der Waals surface area contributed by atoms with Gasteiger partial charge in [-0.25, -0.2) is 0 Å². The Hall–Kier alpha value is -3.26. The highest BCUT2D eigenvalue weighted by molar-refractivity contribution is 7.80. The lowest BCUT2D eigenvalue weighted by atomic mass is 10.1. The van der Waals surface area contributed by atoms with Crippen molar-refractivity contribution in [3.05, 3.63) is 58.4 Å². The van der Waals surface area contributed by atoms with Crippen LogP contribution in [0.15, 0.2) is 47.3 Å². The molecule has 0 unspecified atom stereocenters. The van der Waals surface area contributed by atoms with E-state index >= 15 is 0 Å². The van der Waals surface area contributed by atoms with Gasteiger partial charge in [-0.3, -0.25) is 4.79 Å². The van der Waals surface area contributed by atoms with Crippen LogP contribution in [-0.4, -0.2) is 34.9 Å². The molecule has 1 aliphatic carbocycles. The van der Waals surface area contributed by atoms with Gasteiger partial charge in [0.05, 0.1) is 24.9 Å². The second kappa shape index (κ2) is 8.70. The first kappa shape index (κ1) is 20.6. The number of hydrogen-bond donors (Lipinski definition) is 2. The fraction of sp³-hybridized carbons (Fsp3) is 0.333. The Morgan fingerprint density at radius 2 is 1.94 bits per heavy atom. The fourth-order valence-corrected chi connectivity index (χ4v) is 4.78. The predicted octanol–water partition coefficient (Wildman–Crippen LogP) is 4.41. The highest BCUT2D eigenvalue weighted by Gasteiger charge is 2.26. The quantitative estimate of drug-likeness (QED) is 0.557. The molecule has 2 aliphatic rings. The third-order valence-corrected chi connectivity index (χ3v) is 6.47. The first-order valence-electron chi connectivity index (χ1n) is 10.8. The minimum absolute atomic E-state index is 0.126. The van der Waals surface area contributed by atoms with Crippen molar-refractivity contribution in [2.75, 3.05) is 19.2 Å². The maximum absolute atomic E-state index is 12.9. The number of thiocarbonyl (C=S) groups is 1. The molecule has 2 heterocycles. The van der Waals surface area contributed by atoms with Crippen LogP contribution in [0.25, 0.3) is 10.9 Å². The number of pyridine rings is 1. The zero-order chi connectivity index (χ0) is 22.1. The van der Waals surface area contributed by atoms with Crippen LogP contribution in [0.2, 0.25) is 0 Å². The van der Waals surface area contributed by atoms with Gasteiger partial charge in [0.2, 0.25) is 6.79 Å². The summed E-state index contributed by atoms with van der Waals surface area (Å²) in [6.45, 7) is 0.618. The van der Waals surface area contributed by atoms with Crippen LogP contribution in [0, 0.1) is 0 Å². The Morgan fingerprint density at radius 1 is 1.19 bits per heavy atom. The first-order chi connectivity index (χ1) is 15.6. The summed E-state index contributed by atoms with van der Waals surface area (Å²) in [7, 11) is 1.64. The first-order valence-corrected chi connectivity index (χ1v) is 11.2. The number of benzene rings is 2. The molecule has 5 rings (SSSR count). The molecule has 166 valence electrons. The summed E-state index contributed by atoms with van der Waals surface area (Å²) in [6.07, 6.45) is 4.43. The fourth-order valence-electron chi connectivity index (χ4n) is 4.46.